The number of likely N-dealkylation sites (tertiary alicyclic amines) is 1. The summed E-state index contributed by atoms with van der Waals surface area (Å²) in [5.41, 5.74) is 7.10. The molecular weight excluding hydrogens is 592 g/mol. The summed E-state index contributed by atoms with van der Waals surface area (Å²) in [5, 5.41) is 15.5. The summed E-state index contributed by atoms with van der Waals surface area (Å²) in [6, 6.07) is 15.2. The van der Waals surface area contributed by atoms with E-state index in [1.807, 2.05) is 45.1 Å². The molecule has 12 nitrogen and oxygen atoms in total. The maximum atomic E-state index is 13.9. The molecular formula is C35H38N10O2. The summed E-state index contributed by atoms with van der Waals surface area (Å²) in [5.74, 6) is 0.879. The van der Waals surface area contributed by atoms with Crippen molar-refractivity contribution in [3.63, 3.8) is 0 Å². The van der Waals surface area contributed by atoms with Crippen LogP contribution in [0.1, 0.15) is 77.8 Å². The SMILES string of the molecule is CCn1c(=O)n(-c2ccc(C3CCN(C(=O)c4ncn[nH]4)CC3)cc2)c2c3cc(C4CCC(c5cnn(C)c5)NC4)ccc3ncc21. The van der Waals surface area contributed by atoms with Crippen LogP contribution in [0.3, 0.4) is 0 Å². The average Bonchev–Trinajstić information content (AvgIpc) is 3.87. The van der Waals surface area contributed by atoms with Crippen molar-refractivity contribution in [1.29, 1.82) is 0 Å². The van der Waals surface area contributed by atoms with Crippen LogP contribution in [0.4, 0.5) is 0 Å². The van der Waals surface area contributed by atoms with Gasteiger partial charge in [0.15, 0.2) is 0 Å². The number of nitrogens with zero attached hydrogens (tertiary/aromatic N) is 8. The summed E-state index contributed by atoms with van der Waals surface area (Å²) in [4.78, 5) is 37.3. The minimum atomic E-state index is -0.110. The fourth-order valence-corrected chi connectivity index (χ4v) is 7.55. The van der Waals surface area contributed by atoms with Crippen molar-refractivity contribution in [2.75, 3.05) is 19.6 Å². The number of fused-ring (bicyclic) bond motifs is 3. The lowest BCUT2D eigenvalue weighted by atomic mass is 9.86. The Morgan fingerprint density at radius 1 is 0.936 bits per heavy atom. The van der Waals surface area contributed by atoms with Gasteiger partial charge >= 0.3 is 5.69 Å². The maximum absolute atomic E-state index is 13.9. The van der Waals surface area contributed by atoms with Crippen LogP contribution in [-0.2, 0) is 13.6 Å². The number of piperidine rings is 2. The van der Waals surface area contributed by atoms with Gasteiger partial charge in [0.1, 0.15) is 6.33 Å². The van der Waals surface area contributed by atoms with Crippen LogP contribution in [0, 0.1) is 0 Å². The molecule has 8 rings (SSSR count). The first-order chi connectivity index (χ1) is 23.0. The van der Waals surface area contributed by atoms with Gasteiger partial charge in [-0.2, -0.15) is 10.2 Å². The second-order valence-electron chi connectivity index (χ2n) is 12.8. The number of carbonyl (C=O) groups excluding carboxylic acids is 1. The number of pyridine rings is 1. The molecule has 47 heavy (non-hydrogen) atoms. The molecule has 2 unspecified atom stereocenters. The molecule has 2 saturated heterocycles. The fraction of sp³-hybridized carbons (Fsp3) is 0.371. The van der Waals surface area contributed by atoms with Gasteiger partial charge in [0.25, 0.3) is 5.91 Å². The third-order valence-electron chi connectivity index (χ3n) is 10.1. The summed E-state index contributed by atoms with van der Waals surface area (Å²) in [6.45, 7) is 4.77. The standard InChI is InChI=1S/C35H38N10O2/c1-3-44-31-19-37-30-11-6-24(25-7-10-29(36-17-25)26-18-40-42(2)20-26)16-28(30)32(31)45(35(44)47)27-8-4-22(5-9-27)23-12-14-43(15-13-23)34(46)33-38-21-39-41-33/h4-6,8-9,11,16,18-21,23,25,29,36H,3,7,10,12-15,17H2,1-2H3,(H,38,39,41). The third-order valence-corrected chi connectivity index (χ3v) is 10.1. The Morgan fingerprint density at radius 3 is 2.43 bits per heavy atom. The second kappa shape index (κ2) is 11.9. The van der Waals surface area contributed by atoms with E-state index in [2.05, 4.69) is 74.3 Å². The molecule has 0 aliphatic carbocycles. The van der Waals surface area contributed by atoms with E-state index in [4.69, 9.17) is 4.98 Å². The van der Waals surface area contributed by atoms with Crippen LogP contribution in [0.5, 0.6) is 0 Å². The number of rotatable bonds is 6. The average molecular weight is 631 g/mol. The molecule has 2 aliphatic heterocycles. The first-order valence-electron chi connectivity index (χ1n) is 16.5. The predicted octanol–water partition coefficient (Wildman–Crippen LogP) is 4.44. The summed E-state index contributed by atoms with van der Waals surface area (Å²) >= 11 is 0. The van der Waals surface area contributed by atoms with Crippen LogP contribution in [0.2, 0.25) is 0 Å². The zero-order valence-corrected chi connectivity index (χ0v) is 26.6. The largest absolute Gasteiger partial charge is 0.336 e. The van der Waals surface area contributed by atoms with Crippen LogP contribution in [0.25, 0.3) is 27.6 Å². The highest BCUT2D eigenvalue weighted by molar-refractivity contribution is 6.03. The lowest BCUT2D eigenvalue weighted by Crippen LogP contribution is -2.38. The van der Waals surface area contributed by atoms with Crippen molar-refractivity contribution >= 4 is 27.8 Å². The Kier molecular flexibility index (Phi) is 7.44. The van der Waals surface area contributed by atoms with Crippen molar-refractivity contribution in [2.45, 2.75) is 57.0 Å². The molecule has 6 aromatic rings. The molecule has 1 amide bonds. The molecule has 240 valence electrons. The smallest absolute Gasteiger partial charge is 0.333 e. The Labute approximate surface area is 271 Å². The highest BCUT2D eigenvalue weighted by Crippen LogP contribution is 2.35. The van der Waals surface area contributed by atoms with Crippen LogP contribution in [-0.4, -0.2) is 69.5 Å². The second-order valence-corrected chi connectivity index (χ2v) is 12.8. The van der Waals surface area contributed by atoms with Crippen molar-refractivity contribution in [3.05, 3.63) is 100 Å². The Morgan fingerprint density at radius 2 is 1.74 bits per heavy atom. The van der Waals surface area contributed by atoms with Gasteiger partial charge in [-0.1, -0.05) is 18.2 Å². The minimum absolute atomic E-state index is 0.0622. The summed E-state index contributed by atoms with van der Waals surface area (Å²) < 4.78 is 5.52. The normalized spacial score (nSPS) is 19.1. The van der Waals surface area contributed by atoms with Crippen molar-refractivity contribution in [1.82, 2.24) is 49.3 Å². The van der Waals surface area contributed by atoms with Gasteiger partial charge in [-0.3, -0.25) is 28.7 Å². The Hall–Kier alpha value is -5.10. The van der Waals surface area contributed by atoms with Gasteiger partial charge in [0.05, 0.1) is 34.6 Å². The first-order valence-corrected chi connectivity index (χ1v) is 16.5. The highest BCUT2D eigenvalue weighted by atomic mass is 16.2. The topological polar surface area (TPSA) is 132 Å². The number of benzene rings is 2. The molecule has 0 radical (unpaired) electrons. The van der Waals surface area contributed by atoms with Crippen molar-refractivity contribution in [3.8, 4) is 5.69 Å². The van der Waals surface area contributed by atoms with Gasteiger partial charge in [-0.25, -0.2) is 9.78 Å². The summed E-state index contributed by atoms with van der Waals surface area (Å²) in [6.07, 6.45) is 11.1. The number of carbonyl (C=O) groups is 1. The fourth-order valence-electron chi connectivity index (χ4n) is 7.55. The number of nitrogens with one attached hydrogen (secondary N) is 2. The number of hydrogen-bond donors (Lipinski definition) is 2. The van der Waals surface area contributed by atoms with Crippen LogP contribution >= 0.6 is 0 Å². The Bertz CT molecular complexity index is 2110. The van der Waals surface area contributed by atoms with Crippen LogP contribution < -0.4 is 11.0 Å². The van der Waals surface area contributed by atoms with E-state index in [0.29, 0.717) is 37.5 Å². The zero-order chi connectivity index (χ0) is 32.1. The number of aromatic nitrogens is 8. The van der Waals surface area contributed by atoms with Gasteiger partial charge in [0, 0.05) is 56.4 Å². The number of H-pyrrole nitrogens is 1. The summed E-state index contributed by atoms with van der Waals surface area (Å²) in [7, 11) is 1.95. The van der Waals surface area contributed by atoms with E-state index in [1.54, 1.807) is 0 Å². The molecule has 4 aromatic heterocycles. The van der Waals surface area contributed by atoms with Crippen molar-refractivity contribution < 1.29 is 4.79 Å². The van der Waals surface area contributed by atoms with Gasteiger partial charge in [-0.15, -0.1) is 0 Å². The first kappa shape index (κ1) is 29.3. The van der Waals surface area contributed by atoms with E-state index in [-0.39, 0.29) is 17.4 Å². The minimum Gasteiger partial charge on any atom is -0.336 e. The van der Waals surface area contributed by atoms with E-state index < -0.39 is 0 Å². The Balaban J connectivity index is 1.08. The number of hydrogen-bond acceptors (Lipinski definition) is 7. The maximum Gasteiger partial charge on any atom is 0.333 e. The number of aromatic amines is 1. The highest BCUT2D eigenvalue weighted by Gasteiger charge is 2.27. The van der Waals surface area contributed by atoms with Crippen molar-refractivity contribution in [2.24, 2.45) is 7.05 Å². The number of imidazole rings is 1. The molecule has 2 aliphatic rings. The molecule has 0 bridgehead atoms. The van der Waals surface area contributed by atoms with E-state index in [0.717, 1.165) is 59.9 Å². The third kappa shape index (κ3) is 5.22. The lowest BCUT2D eigenvalue weighted by molar-refractivity contribution is 0.0701. The molecule has 2 atom stereocenters. The predicted molar refractivity (Wildman–Crippen MR) is 179 cm³/mol. The molecule has 2 N–H and O–H groups in total. The number of amides is 1. The van der Waals surface area contributed by atoms with Crippen LogP contribution in [0.15, 0.2) is 72.2 Å². The zero-order valence-electron chi connectivity index (χ0n) is 26.6. The monoisotopic (exact) mass is 630 g/mol. The van der Waals surface area contributed by atoms with E-state index >= 15 is 0 Å². The van der Waals surface area contributed by atoms with E-state index in [9.17, 15) is 9.59 Å². The lowest BCUT2D eigenvalue weighted by Gasteiger charge is -2.31. The molecule has 0 spiro atoms. The molecule has 2 aromatic carbocycles. The van der Waals surface area contributed by atoms with Gasteiger partial charge in [-0.05, 0) is 79.8 Å². The quantitative estimate of drug-likeness (QED) is 0.278. The van der Waals surface area contributed by atoms with E-state index in [1.165, 1.54) is 23.0 Å². The molecule has 2 fully saturated rings. The molecule has 12 heteroatoms. The molecule has 6 heterocycles. The number of aryl methyl sites for hydroxylation is 2. The van der Waals surface area contributed by atoms with Gasteiger partial charge in [0.2, 0.25) is 5.82 Å². The van der Waals surface area contributed by atoms with Gasteiger partial charge < -0.3 is 10.2 Å². The molecule has 0 saturated carbocycles.